The van der Waals surface area contributed by atoms with Crippen molar-refractivity contribution in [1.29, 1.82) is 0 Å². The van der Waals surface area contributed by atoms with E-state index in [9.17, 15) is 0 Å². The van der Waals surface area contributed by atoms with E-state index in [1.54, 1.807) is 0 Å². The molecule has 1 aliphatic rings. The molecule has 0 aliphatic heterocycles. The van der Waals surface area contributed by atoms with Crippen LogP contribution in [0.2, 0.25) is 0 Å². The minimum Gasteiger partial charge on any atom is -0.488 e. The summed E-state index contributed by atoms with van der Waals surface area (Å²) in [7, 11) is 0. The zero-order chi connectivity index (χ0) is 22.4. The Morgan fingerprint density at radius 2 is 1.52 bits per heavy atom. The maximum Gasteiger partial charge on any atom is 0.120 e. The Labute approximate surface area is 194 Å². The number of ether oxygens (including phenoxy) is 1. The molecule has 4 rings (SSSR count). The molecule has 0 saturated heterocycles. The van der Waals surface area contributed by atoms with Crippen LogP contribution in [0.15, 0.2) is 77.7 Å². The molecule has 0 radical (unpaired) electrons. The molecule has 0 aromatic heterocycles. The Morgan fingerprint density at radius 3 is 2.13 bits per heavy atom. The maximum absolute atomic E-state index is 6.13. The van der Waals surface area contributed by atoms with E-state index >= 15 is 0 Å². The summed E-state index contributed by atoms with van der Waals surface area (Å²) < 4.78 is 6.13. The highest BCUT2D eigenvalue weighted by Crippen LogP contribution is 2.47. The summed E-state index contributed by atoms with van der Waals surface area (Å²) in [6, 6.07) is 26.3. The van der Waals surface area contributed by atoms with Crippen molar-refractivity contribution in [2.24, 2.45) is 0 Å². The Kier molecular flexibility index (Phi) is 7.89. The van der Waals surface area contributed by atoms with Crippen molar-refractivity contribution in [3.63, 3.8) is 0 Å². The summed E-state index contributed by atoms with van der Waals surface area (Å²) in [4.78, 5) is 1.00. The first-order valence-electron chi connectivity index (χ1n) is 11.5. The zero-order valence-corrected chi connectivity index (χ0v) is 20.5. The van der Waals surface area contributed by atoms with Crippen molar-refractivity contribution >= 4 is 12.6 Å². The molecule has 0 saturated carbocycles. The standard InChI is InChI=1S/C26H28OS.C3H8/c1-26(2,3)27-21-12-16-24-20(17-21)11-15-23(18-7-5-4-6-8-18)25(24)19-9-13-22(28)14-10-19;1-3-2/h4-10,12-14,16-17,23,25,28H,11,15H2,1-3H3;3H2,1-2H3. The van der Waals surface area contributed by atoms with Gasteiger partial charge in [0.15, 0.2) is 0 Å². The van der Waals surface area contributed by atoms with Crippen LogP contribution in [-0.2, 0) is 6.42 Å². The van der Waals surface area contributed by atoms with Gasteiger partial charge in [0.25, 0.3) is 0 Å². The Balaban J connectivity index is 0.000000858. The van der Waals surface area contributed by atoms with Crippen LogP contribution in [0.25, 0.3) is 0 Å². The second kappa shape index (κ2) is 10.4. The lowest BCUT2D eigenvalue weighted by atomic mass is 9.69. The summed E-state index contributed by atoms with van der Waals surface area (Å²) in [5.74, 6) is 1.80. The molecule has 2 unspecified atom stereocenters. The van der Waals surface area contributed by atoms with Crippen LogP contribution < -0.4 is 4.74 Å². The lowest BCUT2D eigenvalue weighted by Crippen LogP contribution is -2.24. The van der Waals surface area contributed by atoms with Crippen molar-refractivity contribution in [3.8, 4) is 5.75 Å². The third-order valence-electron chi connectivity index (χ3n) is 5.48. The molecule has 3 aromatic carbocycles. The number of rotatable bonds is 3. The van der Waals surface area contributed by atoms with Crippen LogP contribution in [0, 0.1) is 0 Å². The summed E-state index contributed by atoms with van der Waals surface area (Å²) in [6.07, 6.45) is 3.47. The van der Waals surface area contributed by atoms with Crippen molar-refractivity contribution in [2.75, 3.05) is 0 Å². The first-order valence-corrected chi connectivity index (χ1v) is 11.9. The first kappa shape index (κ1) is 23.5. The van der Waals surface area contributed by atoms with Crippen LogP contribution in [-0.4, -0.2) is 5.60 Å². The third kappa shape index (κ3) is 6.17. The Hall–Kier alpha value is -2.19. The van der Waals surface area contributed by atoms with Crippen molar-refractivity contribution in [2.45, 2.75) is 76.2 Å². The summed E-state index contributed by atoms with van der Waals surface area (Å²) in [6.45, 7) is 10.5. The number of aryl methyl sites for hydroxylation is 1. The molecule has 2 atom stereocenters. The third-order valence-corrected chi connectivity index (χ3v) is 5.78. The predicted molar refractivity (Wildman–Crippen MR) is 136 cm³/mol. The lowest BCUT2D eigenvalue weighted by molar-refractivity contribution is 0.130. The van der Waals surface area contributed by atoms with Gasteiger partial charge in [-0.3, -0.25) is 0 Å². The molecule has 0 bridgehead atoms. The van der Waals surface area contributed by atoms with Crippen LogP contribution >= 0.6 is 12.6 Å². The summed E-state index contributed by atoms with van der Waals surface area (Å²) in [5, 5.41) is 0. The minimum absolute atomic E-state index is 0.183. The predicted octanol–water partition coefficient (Wildman–Crippen LogP) is 8.43. The van der Waals surface area contributed by atoms with Crippen LogP contribution in [0.4, 0.5) is 0 Å². The fourth-order valence-electron chi connectivity index (χ4n) is 4.37. The number of fused-ring (bicyclic) bond motifs is 1. The fraction of sp³-hybridized carbons (Fsp3) is 0.379. The quantitative estimate of drug-likeness (QED) is 0.409. The number of thiol groups is 1. The normalized spacial score (nSPS) is 17.9. The number of hydrogen-bond donors (Lipinski definition) is 1. The SMILES string of the molecule is CC(C)(C)Oc1ccc2c(c1)CCC(c1ccccc1)C2c1ccc(S)cc1.CCC. The summed E-state index contributed by atoms with van der Waals surface area (Å²) >= 11 is 4.48. The van der Waals surface area contributed by atoms with Crippen LogP contribution in [0.3, 0.4) is 0 Å². The Morgan fingerprint density at radius 1 is 0.871 bits per heavy atom. The average molecular weight is 433 g/mol. The number of hydrogen-bond acceptors (Lipinski definition) is 2. The van der Waals surface area contributed by atoms with E-state index in [2.05, 4.69) is 120 Å². The molecular formula is C29H36OS. The van der Waals surface area contributed by atoms with Crippen molar-refractivity contribution in [1.82, 2.24) is 0 Å². The Bertz CT molecular complexity index is 954. The topological polar surface area (TPSA) is 9.23 Å². The van der Waals surface area contributed by atoms with Gasteiger partial charge in [0.05, 0.1) is 0 Å². The highest BCUT2D eigenvalue weighted by Gasteiger charge is 2.32. The van der Waals surface area contributed by atoms with Gasteiger partial charge >= 0.3 is 0 Å². The van der Waals surface area contributed by atoms with Gasteiger partial charge in [-0.15, -0.1) is 12.6 Å². The smallest absolute Gasteiger partial charge is 0.120 e. The highest BCUT2D eigenvalue weighted by molar-refractivity contribution is 7.80. The summed E-state index contributed by atoms with van der Waals surface area (Å²) in [5.41, 5.74) is 5.43. The molecule has 164 valence electrons. The average Bonchev–Trinajstić information content (AvgIpc) is 2.73. The fourth-order valence-corrected chi connectivity index (χ4v) is 4.52. The van der Waals surface area contributed by atoms with Crippen LogP contribution in [0.5, 0.6) is 5.75 Å². The maximum atomic E-state index is 6.13. The van der Waals surface area contributed by atoms with E-state index < -0.39 is 0 Å². The first-order chi connectivity index (χ1) is 14.8. The minimum atomic E-state index is -0.183. The van der Waals surface area contributed by atoms with Crippen molar-refractivity contribution in [3.05, 3.63) is 95.1 Å². The van der Waals surface area contributed by atoms with E-state index in [4.69, 9.17) is 4.74 Å². The molecule has 0 amide bonds. The molecule has 31 heavy (non-hydrogen) atoms. The second-order valence-electron chi connectivity index (χ2n) is 9.41. The number of benzene rings is 3. The van der Waals surface area contributed by atoms with Gasteiger partial charge in [-0.25, -0.2) is 0 Å². The molecule has 0 fully saturated rings. The largest absolute Gasteiger partial charge is 0.488 e. The molecule has 0 spiro atoms. The van der Waals surface area contributed by atoms with Gasteiger partial charge in [-0.2, -0.15) is 0 Å². The molecule has 0 heterocycles. The molecule has 0 N–H and O–H groups in total. The van der Waals surface area contributed by atoms with Crippen molar-refractivity contribution < 1.29 is 4.74 Å². The van der Waals surface area contributed by atoms with Crippen LogP contribution in [0.1, 0.15) is 81.5 Å². The van der Waals surface area contributed by atoms with E-state index in [1.807, 2.05) is 0 Å². The van der Waals surface area contributed by atoms with Gasteiger partial charge in [-0.05, 0) is 86.1 Å². The van der Waals surface area contributed by atoms with E-state index in [1.165, 1.54) is 28.7 Å². The van der Waals surface area contributed by atoms with E-state index in [0.29, 0.717) is 11.8 Å². The monoisotopic (exact) mass is 432 g/mol. The van der Waals surface area contributed by atoms with Gasteiger partial charge in [0, 0.05) is 10.8 Å². The zero-order valence-electron chi connectivity index (χ0n) is 19.6. The van der Waals surface area contributed by atoms with Gasteiger partial charge in [-0.1, -0.05) is 68.8 Å². The van der Waals surface area contributed by atoms with E-state index in [0.717, 1.165) is 23.5 Å². The lowest BCUT2D eigenvalue weighted by Gasteiger charge is -2.35. The van der Waals surface area contributed by atoms with Gasteiger partial charge in [0.2, 0.25) is 0 Å². The molecule has 3 aromatic rings. The molecule has 1 aliphatic carbocycles. The van der Waals surface area contributed by atoms with Gasteiger partial charge < -0.3 is 4.74 Å². The van der Waals surface area contributed by atoms with Gasteiger partial charge in [0.1, 0.15) is 11.4 Å². The second-order valence-corrected chi connectivity index (χ2v) is 9.92. The molecule has 2 heteroatoms. The highest BCUT2D eigenvalue weighted by atomic mass is 32.1. The molecular weight excluding hydrogens is 396 g/mol. The molecule has 1 nitrogen and oxygen atoms in total. The van der Waals surface area contributed by atoms with E-state index in [-0.39, 0.29) is 5.60 Å².